The van der Waals surface area contributed by atoms with E-state index in [1.165, 1.54) is 6.33 Å². The Balaban J connectivity index is 1.14. The lowest BCUT2D eigenvalue weighted by molar-refractivity contribution is 0.0967. The third-order valence-electron chi connectivity index (χ3n) is 5.86. The van der Waals surface area contributed by atoms with E-state index in [0.717, 1.165) is 43.4 Å². The Hall–Kier alpha value is -3.56. The van der Waals surface area contributed by atoms with Gasteiger partial charge in [0.2, 0.25) is 5.95 Å². The zero-order valence-electron chi connectivity index (χ0n) is 17.2. The Morgan fingerprint density at radius 2 is 2.00 bits per heavy atom. The quantitative estimate of drug-likeness (QED) is 0.624. The molecule has 3 aromatic heterocycles. The SMILES string of the molecule is CC1(NC(=O)O[C@@H]2CC[C@H](c3cnc(Nc4ccc(-n5cncn5)nc4)nc3)C2)CC1. The van der Waals surface area contributed by atoms with Crippen LogP contribution in [0.5, 0.6) is 0 Å². The molecule has 0 saturated heterocycles. The Bertz CT molecular complexity index is 1030. The van der Waals surface area contributed by atoms with Crippen molar-refractivity contribution in [2.75, 3.05) is 5.32 Å². The molecule has 5 rings (SSSR count). The van der Waals surface area contributed by atoms with Crippen molar-refractivity contribution < 1.29 is 9.53 Å². The molecule has 2 N–H and O–H groups in total. The van der Waals surface area contributed by atoms with E-state index in [1.807, 2.05) is 31.5 Å². The van der Waals surface area contributed by atoms with Gasteiger partial charge in [0.05, 0.1) is 11.9 Å². The average molecular weight is 420 g/mol. The molecule has 3 aromatic rings. The summed E-state index contributed by atoms with van der Waals surface area (Å²) >= 11 is 0. The third-order valence-corrected chi connectivity index (χ3v) is 5.86. The molecule has 1 amide bonds. The molecular formula is C21H24N8O2. The van der Waals surface area contributed by atoms with Gasteiger partial charge in [0.1, 0.15) is 18.8 Å². The van der Waals surface area contributed by atoms with Crippen LogP contribution in [-0.4, -0.2) is 47.5 Å². The van der Waals surface area contributed by atoms with Crippen molar-refractivity contribution in [3.05, 3.63) is 48.9 Å². The maximum absolute atomic E-state index is 12.0. The fourth-order valence-corrected chi connectivity index (χ4v) is 3.75. The topological polar surface area (TPSA) is 120 Å². The van der Waals surface area contributed by atoms with E-state index in [0.29, 0.717) is 17.7 Å². The van der Waals surface area contributed by atoms with E-state index in [-0.39, 0.29) is 17.7 Å². The minimum Gasteiger partial charge on any atom is -0.446 e. The Labute approximate surface area is 179 Å². The van der Waals surface area contributed by atoms with E-state index < -0.39 is 0 Å². The van der Waals surface area contributed by atoms with E-state index in [1.54, 1.807) is 17.2 Å². The van der Waals surface area contributed by atoms with Gasteiger partial charge >= 0.3 is 6.09 Å². The smallest absolute Gasteiger partial charge is 0.407 e. The molecule has 0 bridgehead atoms. The minimum absolute atomic E-state index is 0.0558. The molecule has 160 valence electrons. The van der Waals surface area contributed by atoms with Gasteiger partial charge in [0.15, 0.2) is 5.82 Å². The summed E-state index contributed by atoms with van der Waals surface area (Å²) in [5.74, 6) is 1.48. The number of hydrogen-bond acceptors (Lipinski definition) is 8. The average Bonchev–Trinajstić information content (AvgIpc) is 3.17. The first-order valence-electron chi connectivity index (χ1n) is 10.5. The molecular weight excluding hydrogens is 396 g/mol. The molecule has 3 heterocycles. The first-order valence-corrected chi connectivity index (χ1v) is 10.5. The summed E-state index contributed by atoms with van der Waals surface area (Å²) in [7, 11) is 0. The molecule has 0 unspecified atom stereocenters. The zero-order valence-corrected chi connectivity index (χ0v) is 17.2. The fourth-order valence-electron chi connectivity index (χ4n) is 3.75. The maximum Gasteiger partial charge on any atom is 0.407 e. The molecule has 31 heavy (non-hydrogen) atoms. The summed E-state index contributed by atoms with van der Waals surface area (Å²) in [5, 5.41) is 10.1. The van der Waals surface area contributed by atoms with Gasteiger partial charge in [0, 0.05) is 17.9 Å². The van der Waals surface area contributed by atoms with E-state index in [9.17, 15) is 4.79 Å². The minimum atomic E-state index is -0.301. The highest BCUT2D eigenvalue weighted by atomic mass is 16.6. The van der Waals surface area contributed by atoms with Crippen LogP contribution >= 0.6 is 0 Å². The monoisotopic (exact) mass is 420 g/mol. The van der Waals surface area contributed by atoms with Crippen molar-refractivity contribution in [2.45, 2.75) is 56.6 Å². The number of carbonyl (C=O) groups is 1. The van der Waals surface area contributed by atoms with Crippen molar-refractivity contribution >= 4 is 17.7 Å². The summed E-state index contributed by atoms with van der Waals surface area (Å²) in [6.07, 6.45) is 12.7. The van der Waals surface area contributed by atoms with Crippen molar-refractivity contribution in [3.8, 4) is 5.82 Å². The fraction of sp³-hybridized carbons (Fsp3) is 0.429. The van der Waals surface area contributed by atoms with Crippen LogP contribution in [-0.2, 0) is 4.74 Å². The first kappa shape index (κ1) is 19.4. The van der Waals surface area contributed by atoms with E-state index in [2.05, 4.69) is 35.7 Å². The van der Waals surface area contributed by atoms with Gasteiger partial charge in [-0.3, -0.25) is 0 Å². The molecule has 2 saturated carbocycles. The van der Waals surface area contributed by atoms with Crippen LogP contribution in [0, 0.1) is 0 Å². The lowest BCUT2D eigenvalue weighted by atomic mass is 10.0. The molecule has 0 radical (unpaired) electrons. The van der Waals surface area contributed by atoms with Gasteiger partial charge in [0.25, 0.3) is 0 Å². The predicted molar refractivity (Wildman–Crippen MR) is 112 cm³/mol. The van der Waals surface area contributed by atoms with Crippen LogP contribution in [0.4, 0.5) is 16.4 Å². The Morgan fingerprint density at radius 3 is 2.68 bits per heavy atom. The molecule has 10 heteroatoms. The maximum atomic E-state index is 12.0. The highest BCUT2D eigenvalue weighted by Crippen LogP contribution is 2.37. The normalized spacial score (nSPS) is 21.5. The van der Waals surface area contributed by atoms with Crippen molar-refractivity contribution in [3.63, 3.8) is 0 Å². The second-order valence-corrected chi connectivity index (χ2v) is 8.43. The second-order valence-electron chi connectivity index (χ2n) is 8.43. The summed E-state index contributed by atoms with van der Waals surface area (Å²) in [6, 6.07) is 3.72. The van der Waals surface area contributed by atoms with Gasteiger partial charge in [-0.05, 0) is 62.6 Å². The molecule has 0 aliphatic heterocycles. The van der Waals surface area contributed by atoms with E-state index in [4.69, 9.17) is 4.74 Å². The lowest BCUT2D eigenvalue weighted by Crippen LogP contribution is -2.36. The van der Waals surface area contributed by atoms with Gasteiger partial charge in [-0.15, -0.1) is 0 Å². The first-order chi connectivity index (χ1) is 15.1. The molecule has 2 aliphatic carbocycles. The number of carbonyl (C=O) groups excluding carboxylic acids is 1. The van der Waals surface area contributed by atoms with Crippen LogP contribution in [0.3, 0.4) is 0 Å². The summed E-state index contributed by atoms with van der Waals surface area (Å²) in [5.41, 5.74) is 1.78. The standard InChI is InChI=1S/C21H24N8O2/c1-21(6-7-21)28-20(30)31-17-4-2-14(8-17)15-9-24-19(25-10-15)27-16-3-5-18(23-11-16)29-13-22-12-26-29/h3,5,9-14,17H,2,4,6-8H2,1H3,(H,28,30)(H,24,25,27)/t14-,17+/m0/s1. The van der Waals surface area contributed by atoms with Crippen molar-refractivity contribution in [1.29, 1.82) is 0 Å². The van der Waals surface area contributed by atoms with Crippen LogP contribution in [0.2, 0.25) is 0 Å². The number of alkyl carbamates (subject to hydrolysis) is 1. The number of anilines is 2. The lowest BCUT2D eigenvalue weighted by Gasteiger charge is -2.16. The number of nitrogens with zero attached hydrogens (tertiary/aromatic N) is 6. The molecule has 10 nitrogen and oxygen atoms in total. The number of amides is 1. The molecule has 0 spiro atoms. The summed E-state index contributed by atoms with van der Waals surface area (Å²) < 4.78 is 7.18. The summed E-state index contributed by atoms with van der Waals surface area (Å²) in [4.78, 5) is 29.2. The van der Waals surface area contributed by atoms with Gasteiger partial charge < -0.3 is 15.4 Å². The van der Waals surface area contributed by atoms with Gasteiger partial charge in [-0.2, -0.15) is 5.10 Å². The second kappa shape index (κ2) is 7.93. The number of rotatable bonds is 6. The van der Waals surface area contributed by atoms with Crippen molar-refractivity contribution in [1.82, 2.24) is 35.0 Å². The summed E-state index contributed by atoms with van der Waals surface area (Å²) in [6.45, 7) is 2.04. The molecule has 2 fully saturated rings. The molecule has 2 aliphatic rings. The third kappa shape index (κ3) is 4.62. The van der Waals surface area contributed by atoms with Gasteiger partial charge in [-0.1, -0.05) is 0 Å². The largest absolute Gasteiger partial charge is 0.446 e. The highest BCUT2D eigenvalue weighted by molar-refractivity contribution is 5.69. The number of nitrogens with one attached hydrogen (secondary N) is 2. The Kier molecular flexibility index (Phi) is 4.97. The van der Waals surface area contributed by atoms with Crippen LogP contribution in [0.1, 0.15) is 50.5 Å². The highest BCUT2D eigenvalue weighted by Gasteiger charge is 2.40. The number of pyridine rings is 1. The number of hydrogen-bond donors (Lipinski definition) is 2. The molecule has 0 aromatic carbocycles. The van der Waals surface area contributed by atoms with Crippen LogP contribution < -0.4 is 10.6 Å². The number of ether oxygens (including phenoxy) is 1. The van der Waals surface area contributed by atoms with Crippen molar-refractivity contribution in [2.24, 2.45) is 0 Å². The van der Waals surface area contributed by atoms with E-state index >= 15 is 0 Å². The predicted octanol–water partition coefficient (Wildman–Crippen LogP) is 3.11. The van der Waals surface area contributed by atoms with Gasteiger partial charge in [-0.25, -0.2) is 29.4 Å². The van der Waals surface area contributed by atoms with Crippen LogP contribution in [0.25, 0.3) is 5.82 Å². The molecule has 2 atom stereocenters. The zero-order chi connectivity index (χ0) is 21.3. The van der Waals surface area contributed by atoms with Crippen LogP contribution in [0.15, 0.2) is 43.4 Å². The Morgan fingerprint density at radius 1 is 1.16 bits per heavy atom. The number of aromatic nitrogens is 6.